The van der Waals surface area contributed by atoms with Crippen LogP contribution in [0.15, 0.2) is 97.1 Å². The third-order valence-electron chi connectivity index (χ3n) is 19.9. The second kappa shape index (κ2) is 42.6. The van der Waals surface area contributed by atoms with E-state index in [9.17, 15) is 0 Å². The summed E-state index contributed by atoms with van der Waals surface area (Å²) >= 11 is 0. The molecule has 2 N–H and O–H groups in total. The number of fused-ring (bicyclic) bond motifs is 17. The zero-order valence-electron chi connectivity index (χ0n) is 63.1. The molecule has 0 unspecified atom stereocenters. The van der Waals surface area contributed by atoms with E-state index in [1.807, 2.05) is 12.1 Å². The van der Waals surface area contributed by atoms with Crippen LogP contribution in [0.4, 0.5) is 0 Å². The van der Waals surface area contributed by atoms with Gasteiger partial charge in [0, 0.05) is 43.8 Å². The molecule has 8 bridgehead atoms. The predicted octanol–water partition coefficient (Wildman–Crippen LogP) is 25.0. The Morgan fingerprint density at radius 3 is 0.706 bits per heavy atom. The van der Waals surface area contributed by atoms with Gasteiger partial charge < -0.3 is 38.4 Å². The fourth-order valence-corrected chi connectivity index (χ4v) is 13.9. The van der Waals surface area contributed by atoms with E-state index in [2.05, 4.69) is 136 Å². The van der Waals surface area contributed by atoms with Gasteiger partial charge in [0.25, 0.3) is 0 Å². The summed E-state index contributed by atoms with van der Waals surface area (Å²) in [6.07, 6.45) is 41.5. The average Bonchev–Trinajstić information content (AvgIpc) is 1.59. The molecule has 14 heteroatoms. The Hall–Kier alpha value is -8.00. The van der Waals surface area contributed by atoms with Crippen molar-refractivity contribution >= 4 is 55.3 Å². The molecule has 3 aromatic heterocycles. The number of hydrogen-bond donors (Lipinski definition) is 2. The molecule has 8 aromatic rings. The first-order chi connectivity index (χ1) is 50.4. The first kappa shape index (κ1) is 76.6. The molecule has 14 nitrogen and oxygen atoms in total. The molecule has 5 aromatic carbocycles. The van der Waals surface area contributed by atoms with Crippen molar-refractivity contribution in [3.63, 3.8) is 0 Å². The van der Waals surface area contributed by atoms with Gasteiger partial charge in [0.1, 0.15) is 22.6 Å². The van der Waals surface area contributed by atoms with Crippen LogP contribution in [0.25, 0.3) is 78.1 Å². The maximum atomic E-state index is 6.87. The Bertz CT molecular complexity index is 3780. The molecule has 5 heterocycles. The molecule has 0 saturated heterocycles. The highest BCUT2D eigenvalue weighted by Gasteiger charge is 2.29. The molecular formula is C88H120N8O6. The molecule has 10 rings (SSSR count). The lowest BCUT2D eigenvalue weighted by molar-refractivity contribution is 0.258. The largest absolute Gasteiger partial charge is 0.490 e. The maximum Gasteiger partial charge on any atom is 0.165 e. The van der Waals surface area contributed by atoms with Gasteiger partial charge in [0.15, 0.2) is 57.8 Å². The fourth-order valence-electron chi connectivity index (χ4n) is 13.9. The molecule has 548 valence electrons. The maximum absolute atomic E-state index is 6.87. The van der Waals surface area contributed by atoms with Crippen molar-refractivity contribution in [2.75, 3.05) is 39.6 Å². The Balaban J connectivity index is 1.24. The molecule has 0 fully saturated rings. The van der Waals surface area contributed by atoms with Gasteiger partial charge >= 0.3 is 0 Å². The van der Waals surface area contributed by atoms with Crippen LogP contribution in [0.2, 0.25) is 0 Å². The number of hydrogen-bond acceptors (Lipinski definition) is 12. The number of unbranched alkanes of at least 4 members (excludes halogenated alkanes) is 30. The third-order valence-corrected chi connectivity index (χ3v) is 19.9. The molecule has 0 saturated carbocycles. The molecule has 2 aliphatic heterocycles. The third kappa shape index (κ3) is 22.0. The summed E-state index contributed by atoms with van der Waals surface area (Å²) in [4.78, 5) is 41.4. The molecular weight excluding hydrogens is 1270 g/mol. The van der Waals surface area contributed by atoms with E-state index in [-0.39, 0.29) is 0 Å². The topological polar surface area (TPSA) is 164 Å². The predicted molar refractivity (Wildman–Crippen MR) is 423 cm³/mol. The van der Waals surface area contributed by atoms with Crippen molar-refractivity contribution in [3.05, 3.63) is 120 Å². The van der Waals surface area contributed by atoms with E-state index in [4.69, 9.17) is 58.3 Å². The first-order valence-corrected chi connectivity index (χ1v) is 40.4. The smallest absolute Gasteiger partial charge is 0.165 e. The zero-order chi connectivity index (χ0) is 70.8. The van der Waals surface area contributed by atoms with Gasteiger partial charge in [-0.1, -0.05) is 295 Å². The molecule has 0 spiro atoms. The number of nitrogens with one attached hydrogen (secondary N) is 2. The SMILES string of the molecule is CCCCCCCCOc1cc2c(cc1OCCCCCCCC)-c1nc-2nc2[nH]c(nc3nc(nc4[nH]c(n1)c1cc(OCCCCCCCC)c(OCCCCCCCC)cc41)C(c1ccccc1)=C3c1ccccc1)c1cc(OCCCCCCCC)c(OCCCCCCCC)cc21. The van der Waals surface area contributed by atoms with Crippen LogP contribution in [0.3, 0.4) is 0 Å². The van der Waals surface area contributed by atoms with Crippen molar-refractivity contribution in [1.29, 1.82) is 0 Å². The van der Waals surface area contributed by atoms with Crippen molar-refractivity contribution < 1.29 is 28.4 Å². The van der Waals surface area contributed by atoms with Crippen molar-refractivity contribution in [2.24, 2.45) is 0 Å². The number of aromatic amines is 2. The van der Waals surface area contributed by atoms with E-state index < -0.39 is 0 Å². The van der Waals surface area contributed by atoms with Gasteiger partial charge in [-0.25, -0.2) is 29.9 Å². The minimum Gasteiger partial charge on any atom is -0.490 e. The van der Waals surface area contributed by atoms with E-state index in [1.54, 1.807) is 0 Å². The van der Waals surface area contributed by atoms with Crippen molar-refractivity contribution in [1.82, 2.24) is 39.9 Å². The second-order valence-electron chi connectivity index (χ2n) is 28.3. The quantitative estimate of drug-likeness (QED) is 0.0347. The number of rotatable bonds is 50. The Morgan fingerprint density at radius 2 is 0.451 bits per heavy atom. The lowest BCUT2D eigenvalue weighted by atomic mass is 9.95. The number of benzene rings is 5. The lowest BCUT2D eigenvalue weighted by Crippen LogP contribution is -2.03. The second-order valence-corrected chi connectivity index (χ2v) is 28.3. The number of H-pyrrole nitrogens is 2. The van der Waals surface area contributed by atoms with E-state index >= 15 is 0 Å². The molecule has 102 heavy (non-hydrogen) atoms. The van der Waals surface area contributed by atoms with E-state index in [0.717, 1.165) is 132 Å². The fraction of sp³-hybridized carbons (Fsp3) is 0.545. The van der Waals surface area contributed by atoms with Gasteiger partial charge in [-0.3, -0.25) is 0 Å². The zero-order valence-corrected chi connectivity index (χ0v) is 63.1. The molecule has 0 aliphatic carbocycles. The number of ether oxygens (including phenoxy) is 6. The molecule has 0 atom stereocenters. The summed E-state index contributed by atoms with van der Waals surface area (Å²) in [6, 6.07) is 33.5. The molecule has 0 amide bonds. The Labute approximate surface area is 609 Å². The monoisotopic (exact) mass is 1380 g/mol. The highest BCUT2D eigenvalue weighted by Crippen LogP contribution is 2.46. The van der Waals surface area contributed by atoms with E-state index in [1.165, 1.54) is 154 Å². The van der Waals surface area contributed by atoms with Gasteiger partial charge in [-0.05, 0) is 86.1 Å². The Kier molecular flexibility index (Phi) is 32.0. The van der Waals surface area contributed by atoms with Gasteiger partial charge in [0.2, 0.25) is 0 Å². The van der Waals surface area contributed by atoms with Crippen LogP contribution in [0.5, 0.6) is 34.5 Å². The van der Waals surface area contributed by atoms with Crippen LogP contribution in [0.1, 0.15) is 295 Å². The summed E-state index contributed by atoms with van der Waals surface area (Å²) < 4.78 is 41.2. The molecule has 2 aliphatic rings. The van der Waals surface area contributed by atoms with Gasteiger partial charge in [-0.2, -0.15) is 0 Å². The summed E-state index contributed by atoms with van der Waals surface area (Å²) in [5, 5.41) is 3.22. The minimum absolute atomic E-state index is 0.467. The van der Waals surface area contributed by atoms with Crippen LogP contribution in [-0.4, -0.2) is 79.5 Å². The summed E-state index contributed by atoms with van der Waals surface area (Å²) in [6.45, 7) is 16.9. The van der Waals surface area contributed by atoms with Crippen LogP contribution in [0, 0.1) is 0 Å². The number of aromatic nitrogens is 8. The Morgan fingerprint density at radius 1 is 0.235 bits per heavy atom. The summed E-state index contributed by atoms with van der Waals surface area (Å²) in [5.74, 6) is 5.95. The highest BCUT2D eigenvalue weighted by molar-refractivity contribution is 6.09. The van der Waals surface area contributed by atoms with Gasteiger partial charge in [0.05, 0.1) is 39.6 Å². The van der Waals surface area contributed by atoms with Crippen LogP contribution >= 0.6 is 0 Å². The molecule has 0 radical (unpaired) electrons. The average molecular weight is 1390 g/mol. The lowest BCUT2D eigenvalue weighted by Gasteiger charge is -2.15. The summed E-state index contributed by atoms with van der Waals surface area (Å²) in [7, 11) is 0. The number of nitrogens with zero attached hydrogens (tertiary/aromatic N) is 6. The normalized spacial score (nSPS) is 12.1. The van der Waals surface area contributed by atoms with Crippen molar-refractivity contribution in [3.8, 4) is 57.3 Å². The van der Waals surface area contributed by atoms with Gasteiger partial charge in [-0.15, -0.1) is 0 Å². The van der Waals surface area contributed by atoms with Crippen LogP contribution in [-0.2, 0) is 0 Å². The van der Waals surface area contributed by atoms with E-state index in [0.29, 0.717) is 120 Å². The highest BCUT2D eigenvalue weighted by atomic mass is 16.5. The van der Waals surface area contributed by atoms with Crippen molar-refractivity contribution in [2.45, 2.75) is 273 Å². The standard InChI is InChI=1S/C88H120N8O6/c1-7-13-19-25-31-43-53-97-73-59-67-68(60-74(73)98-54-44-32-26-20-14-8-2)82-89-81(67)90-83-69-61-75(99-55-45-33-27-21-15-9-3)77(101-57-47-35-29-23-17-11-5)63-71(69)85(92-83)94-87-79(65-49-39-37-40-50-65)80(66-51-41-38-42-52-66)88(96-87)95-86-72-64-78(102-58-48-36-30-24-18-12-6)76(62-70(72)84(91-82)93-86)100-56-46-34-28-22-16-10-4/h37-42,49-52,59-64H,7-36,43-48,53-58H2,1-6H3,(H2,89,90,91,92,93,94,95,96). The first-order valence-electron chi connectivity index (χ1n) is 40.4. The van der Waals surface area contributed by atoms with Crippen LogP contribution < -0.4 is 28.4 Å². The minimum atomic E-state index is 0.467. The summed E-state index contributed by atoms with van der Waals surface area (Å²) in [5.41, 5.74) is 7.37.